The van der Waals surface area contributed by atoms with E-state index in [2.05, 4.69) is 15.9 Å². The van der Waals surface area contributed by atoms with Crippen molar-refractivity contribution >= 4 is 22.2 Å². The molecule has 0 bridgehead atoms. The van der Waals surface area contributed by atoms with Crippen LogP contribution < -0.4 is 11.2 Å². The zero-order chi connectivity index (χ0) is 10.9. The van der Waals surface area contributed by atoms with Crippen molar-refractivity contribution in [3.63, 3.8) is 0 Å². The van der Waals surface area contributed by atoms with E-state index in [1.54, 1.807) is 0 Å². The third-order valence-electron chi connectivity index (χ3n) is 2.07. The highest BCUT2D eigenvalue weighted by Gasteiger charge is 2.13. The van der Waals surface area contributed by atoms with Gasteiger partial charge in [0.1, 0.15) is 5.56 Å². The molecule has 76 valence electrons. The zero-order valence-electron chi connectivity index (χ0n) is 7.78. The van der Waals surface area contributed by atoms with Crippen molar-refractivity contribution in [1.82, 2.24) is 9.13 Å². The smallest absolute Gasteiger partial charge is 0.299 e. The number of rotatable bonds is 2. The Bertz CT molecular complexity index is 487. The van der Waals surface area contributed by atoms with E-state index in [0.717, 1.165) is 4.57 Å². The maximum atomic E-state index is 11.5. The van der Waals surface area contributed by atoms with Gasteiger partial charge in [-0.1, -0.05) is 15.9 Å². The zero-order valence-corrected chi connectivity index (χ0v) is 9.37. The molecule has 1 heterocycles. The molecule has 0 aliphatic carbocycles. The van der Waals surface area contributed by atoms with Crippen LogP contribution in [0.5, 0.6) is 0 Å². The predicted octanol–water partition coefficient (Wildman–Crippen LogP) is -0.209. The predicted molar refractivity (Wildman–Crippen MR) is 54.9 cm³/mol. The molecule has 0 unspecified atom stereocenters. The summed E-state index contributed by atoms with van der Waals surface area (Å²) in [5.74, 6) is 0. The minimum atomic E-state index is -0.558. The first-order valence-electron chi connectivity index (χ1n) is 3.84. The molecular weight excluding hydrogens is 252 g/mol. The molecule has 14 heavy (non-hydrogen) atoms. The molecule has 0 aromatic carbocycles. The lowest BCUT2D eigenvalue weighted by molar-refractivity contribution is 0.111. The number of nitrogens with zero attached hydrogens (tertiary/aromatic N) is 2. The normalized spacial score (nSPS) is 10.2. The van der Waals surface area contributed by atoms with Crippen LogP contribution in [0.15, 0.2) is 9.59 Å². The van der Waals surface area contributed by atoms with E-state index >= 15 is 0 Å². The van der Waals surface area contributed by atoms with Crippen LogP contribution in [-0.4, -0.2) is 15.4 Å². The molecule has 0 aliphatic heterocycles. The van der Waals surface area contributed by atoms with Gasteiger partial charge in [-0.2, -0.15) is 0 Å². The summed E-state index contributed by atoms with van der Waals surface area (Å²) < 4.78 is 2.19. The minimum Gasteiger partial charge on any atom is -0.299 e. The van der Waals surface area contributed by atoms with Crippen LogP contribution >= 0.6 is 15.9 Å². The second kappa shape index (κ2) is 3.91. The van der Waals surface area contributed by atoms with Gasteiger partial charge in [0.25, 0.3) is 5.56 Å². The number of carbonyl (C=O) groups is 1. The van der Waals surface area contributed by atoms with Crippen LogP contribution in [0.25, 0.3) is 0 Å². The number of carbonyl (C=O) groups excluding carboxylic acids is 1. The van der Waals surface area contributed by atoms with Gasteiger partial charge in [0, 0.05) is 25.1 Å². The largest absolute Gasteiger partial charge is 0.330 e. The van der Waals surface area contributed by atoms with E-state index in [9.17, 15) is 14.4 Å². The molecular formula is C8H9BrN2O3. The van der Waals surface area contributed by atoms with Crippen LogP contribution in [0.1, 0.15) is 16.1 Å². The number of hydrogen-bond donors (Lipinski definition) is 0. The third kappa shape index (κ3) is 1.45. The summed E-state index contributed by atoms with van der Waals surface area (Å²) in [7, 11) is 2.86. The Labute approximate surface area is 88.1 Å². The molecule has 0 amide bonds. The highest BCUT2D eigenvalue weighted by atomic mass is 79.9. The topological polar surface area (TPSA) is 61.1 Å². The number of halogens is 1. The lowest BCUT2D eigenvalue weighted by Crippen LogP contribution is -2.40. The Balaban J connectivity index is 3.84. The van der Waals surface area contributed by atoms with Gasteiger partial charge in [-0.05, 0) is 0 Å². The van der Waals surface area contributed by atoms with E-state index in [1.807, 2.05) is 0 Å². The van der Waals surface area contributed by atoms with Crippen LogP contribution in [0, 0.1) is 0 Å². The fraction of sp³-hybridized carbons (Fsp3) is 0.375. The van der Waals surface area contributed by atoms with Gasteiger partial charge in [-0.15, -0.1) is 0 Å². The average molecular weight is 261 g/mol. The summed E-state index contributed by atoms with van der Waals surface area (Å²) in [6.45, 7) is 0. The Morgan fingerprint density at radius 1 is 1.29 bits per heavy atom. The van der Waals surface area contributed by atoms with Crippen molar-refractivity contribution in [2.45, 2.75) is 5.33 Å². The van der Waals surface area contributed by atoms with Crippen molar-refractivity contribution in [1.29, 1.82) is 0 Å². The molecule has 1 rings (SSSR count). The SMILES string of the molecule is Cn1c(CBr)c(C=O)c(=O)n(C)c1=O. The van der Waals surface area contributed by atoms with Gasteiger partial charge in [-0.25, -0.2) is 4.79 Å². The first kappa shape index (κ1) is 10.9. The molecule has 1 aromatic rings. The van der Waals surface area contributed by atoms with Crippen LogP contribution in [0.2, 0.25) is 0 Å². The van der Waals surface area contributed by atoms with Crippen molar-refractivity contribution in [3.05, 3.63) is 32.1 Å². The van der Waals surface area contributed by atoms with Gasteiger partial charge < -0.3 is 0 Å². The van der Waals surface area contributed by atoms with Crippen molar-refractivity contribution in [2.24, 2.45) is 14.1 Å². The molecule has 0 spiro atoms. The first-order valence-corrected chi connectivity index (χ1v) is 4.96. The summed E-state index contributed by atoms with van der Waals surface area (Å²) in [6.07, 6.45) is 0.471. The number of hydrogen-bond acceptors (Lipinski definition) is 3. The Kier molecular flexibility index (Phi) is 3.05. The van der Waals surface area contributed by atoms with E-state index in [-0.39, 0.29) is 5.56 Å². The molecule has 0 fully saturated rings. The molecule has 0 saturated carbocycles. The van der Waals surface area contributed by atoms with Crippen molar-refractivity contribution in [3.8, 4) is 0 Å². The van der Waals surface area contributed by atoms with E-state index in [4.69, 9.17) is 0 Å². The minimum absolute atomic E-state index is 0.0199. The highest BCUT2D eigenvalue weighted by Crippen LogP contribution is 2.03. The quantitative estimate of drug-likeness (QED) is 0.546. The average Bonchev–Trinajstić information content (AvgIpc) is 2.20. The summed E-state index contributed by atoms with van der Waals surface area (Å²) >= 11 is 3.13. The lowest BCUT2D eigenvalue weighted by atomic mass is 10.2. The molecule has 5 nitrogen and oxygen atoms in total. The lowest BCUT2D eigenvalue weighted by Gasteiger charge is -2.09. The van der Waals surface area contributed by atoms with E-state index < -0.39 is 11.2 Å². The fourth-order valence-corrected chi connectivity index (χ4v) is 1.87. The molecule has 0 aliphatic rings. The molecule has 1 aromatic heterocycles. The summed E-state index contributed by atoms with van der Waals surface area (Å²) in [5, 5.41) is 0.295. The van der Waals surface area contributed by atoms with Gasteiger partial charge in [0.2, 0.25) is 0 Å². The van der Waals surface area contributed by atoms with E-state index in [0.29, 0.717) is 17.3 Å². The van der Waals surface area contributed by atoms with Crippen molar-refractivity contribution in [2.75, 3.05) is 0 Å². The Morgan fingerprint density at radius 3 is 2.29 bits per heavy atom. The molecule has 0 radical (unpaired) electrons. The van der Waals surface area contributed by atoms with Gasteiger partial charge in [0.05, 0.1) is 0 Å². The van der Waals surface area contributed by atoms with Crippen LogP contribution in [0.3, 0.4) is 0 Å². The van der Waals surface area contributed by atoms with Crippen molar-refractivity contribution < 1.29 is 4.79 Å². The summed E-state index contributed by atoms with van der Waals surface area (Å²) in [6, 6.07) is 0. The highest BCUT2D eigenvalue weighted by molar-refractivity contribution is 9.08. The van der Waals surface area contributed by atoms with E-state index in [1.165, 1.54) is 18.7 Å². The number of alkyl halides is 1. The summed E-state index contributed by atoms with van der Waals surface area (Å²) in [4.78, 5) is 33.5. The standard InChI is InChI=1S/C8H9BrN2O3/c1-10-6(3-9)5(4-12)7(13)11(2)8(10)14/h4H,3H2,1-2H3. The molecule has 0 atom stereocenters. The fourth-order valence-electron chi connectivity index (χ4n) is 1.19. The number of aldehydes is 1. The maximum Gasteiger partial charge on any atom is 0.330 e. The Hall–Kier alpha value is -1.17. The molecule has 0 saturated heterocycles. The summed E-state index contributed by atoms with van der Waals surface area (Å²) in [5.41, 5.74) is -0.577. The maximum absolute atomic E-state index is 11.5. The Morgan fingerprint density at radius 2 is 1.86 bits per heavy atom. The molecule has 6 heteroatoms. The first-order chi connectivity index (χ1) is 6.54. The van der Waals surface area contributed by atoms with Crippen LogP contribution in [0.4, 0.5) is 0 Å². The van der Waals surface area contributed by atoms with Crippen LogP contribution in [-0.2, 0) is 19.4 Å². The monoisotopic (exact) mass is 260 g/mol. The third-order valence-corrected chi connectivity index (χ3v) is 2.60. The van der Waals surface area contributed by atoms with Gasteiger partial charge in [-0.3, -0.25) is 18.7 Å². The van der Waals surface area contributed by atoms with Gasteiger partial charge >= 0.3 is 5.69 Å². The number of aromatic nitrogens is 2. The second-order valence-corrected chi connectivity index (χ2v) is 3.38. The molecule has 0 N–H and O–H groups in total. The second-order valence-electron chi connectivity index (χ2n) is 2.82. The van der Waals surface area contributed by atoms with Gasteiger partial charge in [0.15, 0.2) is 6.29 Å².